The van der Waals surface area contributed by atoms with Gasteiger partial charge in [0.1, 0.15) is 19.8 Å². The second-order valence-electron chi connectivity index (χ2n) is 10.8. The molecule has 0 amide bonds. The van der Waals surface area contributed by atoms with Crippen molar-refractivity contribution in [1.29, 1.82) is 0 Å². The van der Waals surface area contributed by atoms with Gasteiger partial charge in [0.05, 0.1) is 27.7 Å². The first-order chi connectivity index (χ1) is 19.9. The number of phosphoric acid groups is 1. The molecule has 9 nitrogen and oxygen atoms in total. The molecule has 0 radical (unpaired) electrons. The van der Waals surface area contributed by atoms with Crippen LogP contribution in [0.2, 0.25) is 0 Å². The molecular weight excluding hydrogens is 557 g/mol. The minimum atomic E-state index is -4.59. The Balaban J connectivity index is 4.12. The first-order valence-corrected chi connectivity index (χ1v) is 16.4. The fourth-order valence-corrected chi connectivity index (χ4v) is 4.01. The number of likely N-dealkylation sites (N-methyl/N-ethyl adjacent to an activating group) is 1. The van der Waals surface area contributed by atoms with E-state index in [2.05, 4.69) is 67.7 Å². The van der Waals surface area contributed by atoms with E-state index in [-0.39, 0.29) is 19.6 Å². The van der Waals surface area contributed by atoms with Crippen molar-refractivity contribution in [2.24, 2.45) is 0 Å². The predicted octanol–water partition coefficient (Wildman–Crippen LogP) is 6.37. The molecule has 0 aliphatic carbocycles. The maximum absolute atomic E-state index is 12.3. The first-order valence-electron chi connectivity index (χ1n) is 14.9. The summed E-state index contributed by atoms with van der Waals surface area (Å²) in [5, 5.41) is 0. The van der Waals surface area contributed by atoms with Gasteiger partial charge in [-0.3, -0.25) is 14.2 Å². The molecule has 0 saturated carbocycles. The highest BCUT2D eigenvalue weighted by Crippen LogP contribution is 2.38. The van der Waals surface area contributed by atoms with Crippen LogP contribution in [-0.2, 0) is 32.7 Å². The second kappa shape index (κ2) is 25.2. The average Bonchev–Trinajstić information content (AvgIpc) is 2.90. The quantitative estimate of drug-likeness (QED) is 0.0385. The molecular formula is C32H54NO8P. The lowest BCUT2D eigenvalue weighted by molar-refractivity contribution is -0.870. The predicted molar refractivity (Wildman–Crippen MR) is 166 cm³/mol. The van der Waals surface area contributed by atoms with Crippen molar-refractivity contribution in [3.63, 3.8) is 0 Å². The zero-order valence-electron chi connectivity index (χ0n) is 26.4. The van der Waals surface area contributed by atoms with Gasteiger partial charge in [-0.15, -0.1) is 0 Å². The summed E-state index contributed by atoms with van der Waals surface area (Å²) in [6.07, 6.45) is 29.1. The van der Waals surface area contributed by atoms with E-state index in [1.165, 1.54) is 6.92 Å². The molecule has 240 valence electrons. The number of hydrogen-bond acceptors (Lipinski definition) is 8. The molecule has 0 saturated heterocycles. The number of ether oxygens (including phenoxy) is 2. The summed E-state index contributed by atoms with van der Waals surface area (Å²) in [4.78, 5) is 35.4. The van der Waals surface area contributed by atoms with E-state index in [4.69, 9.17) is 18.5 Å². The Hall–Kier alpha value is -2.29. The topological polar surface area (TPSA) is 111 Å². The van der Waals surface area contributed by atoms with Crippen LogP contribution in [-0.4, -0.2) is 70.0 Å². The lowest BCUT2D eigenvalue weighted by Gasteiger charge is -2.28. The standard InChI is InChI=1S/C32H54NO8P/c1-6-7-8-9-10-11-12-13-14-15-16-17-18-19-20-21-22-23-24-25-32(35)41-31(28-38-30(2)34)29-40-42(36,37)39-27-26-33(3,4)5/h7-8,10-11,13-14,16-17,19-20,31H,6,9,12,15,18,21-29H2,1-5H3/b8-7-,11-10-,14-13-,17-16-,20-19-. The van der Waals surface area contributed by atoms with Crippen LogP contribution in [0.4, 0.5) is 0 Å². The van der Waals surface area contributed by atoms with Gasteiger partial charge in [0.15, 0.2) is 6.10 Å². The minimum absolute atomic E-state index is 0.0434. The van der Waals surface area contributed by atoms with Crippen LogP contribution >= 0.6 is 7.82 Å². The Bertz CT molecular complexity index is 918. The number of rotatable bonds is 25. The van der Waals surface area contributed by atoms with E-state index in [9.17, 15) is 19.0 Å². The molecule has 0 aromatic rings. The second-order valence-corrected chi connectivity index (χ2v) is 12.2. The molecule has 0 heterocycles. The van der Waals surface area contributed by atoms with Crippen molar-refractivity contribution in [2.75, 3.05) is 47.5 Å². The molecule has 0 fully saturated rings. The maximum atomic E-state index is 12.3. The molecule has 0 rings (SSSR count). The number of esters is 2. The molecule has 0 bridgehead atoms. The fraction of sp³-hybridized carbons (Fsp3) is 0.625. The number of carbonyl (C=O) groups excluding carboxylic acids is 2. The first kappa shape index (κ1) is 39.7. The van der Waals surface area contributed by atoms with Crippen LogP contribution in [0.15, 0.2) is 60.8 Å². The van der Waals surface area contributed by atoms with E-state index in [0.29, 0.717) is 17.4 Å². The third kappa shape index (κ3) is 29.2. The number of unbranched alkanes of at least 4 members (excludes halogenated alkanes) is 3. The smallest absolute Gasteiger partial charge is 0.306 e. The van der Waals surface area contributed by atoms with Crippen LogP contribution in [0.5, 0.6) is 0 Å². The van der Waals surface area contributed by atoms with E-state index < -0.39 is 32.5 Å². The van der Waals surface area contributed by atoms with Crippen molar-refractivity contribution in [3.8, 4) is 0 Å². The summed E-state index contributed by atoms with van der Waals surface area (Å²) < 4.78 is 32.5. The third-order valence-electron chi connectivity index (χ3n) is 5.61. The monoisotopic (exact) mass is 611 g/mol. The fourth-order valence-electron chi connectivity index (χ4n) is 3.29. The Morgan fingerprint density at radius 1 is 0.786 bits per heavy atom. The highest BCUT2D eigenvalue weighted by molar-refractivity contribution is 7.45. The van der Waals surface area contributed by atoms with Crippen LogP contribution < -0.4 is 4.89 Å². The molecule has 42 heavy (non-hydrogen) atoms. The summed E-state index contributed by atoms with van der Waals surface area (Å²) in [6, 6.07) is 0. The number of nitrogens with zero attached hydrogens (tertiary/aromatic N) is 1. The molecule has 10 heteroatoms. The summed E-state index contributed by atoms with van der Waals surface area (Å²) in [5.74, 6) is -1.08. The minimum Gasteiger partial charge on any atom is -0.756 e. The highest BCUT2D eigenvalue weighted by Gasteiger charge is 2.21. The van der Waals surface area contributed by atoms with Gasteiger partial charge in [-0.25, -0.2) is 0 Å². The summed E-state index contributed by atoms with van der Waals surface area (Å²) in [7, 11) is 1.12. The number of allylic oxidation sites excluding steroid dienone is 10. The molecule has 0 aromatic carbocycles. The van der Waals surface area contributed by atoms with E-state index in [1.807, 2.05) is 21.1 Å². The van der Waals surface area contributed by atoms with Crippen LogP contribution in [0.1, 0.15) is 78.1 Å². The largest absolute Gasteiger partial charge is 0.756 e. The highest BCUT2D eigenvalue weighted by atomic mass is 31.2. The van der Waals surface area contributed by atoms with Gasteiger partial charge in [0.2, 0.25) is 0 Å². The lowest BCUT2D eigenvalue weighted by Crippen LogP contribution is -2.37. The van der Waals surface area contributed by atoms with Gasteiger partial charge < -0.3 is 27.9 Å². The zero-order chi connectivity index (χ0) is 31.5. The van der Waals surface area contributed by atoms with Crippen molar-refractivity contribution in [2.45, 2.75) is 84.2 Å². The molecule has 0 N–H and O–H groups in total. The number of phosphoric ester groups is 1. The van der Waals surface area contributed by atoms with Gasteiger partial charge in [-0.05, 0) is 51.4 Å². The van der Waals surface area contributed by atoms with Crippen LogP contribution in [0, 0.1) is 0 Å². The normalized spacial score (nSPS) is 14.9. The molecule has 0 aliphatic rings. The van der Waals surface area contributed by atoms with Gasteiger partial charge in [-0.2, -0.15) is 0 Å². The summed E-state index contributed by atoms with van der Waals surface area (Å²) in [5.41, 5.74) is 0. The van der Waals surface area contributed by atoms with Gasteiger partial charge in [-0.1, -0.05) is 74.1 Å². The molecule has 0 spiro atoms. The average molecular weight is 612 g/mol. The Morgan fingerprint density at radius 3 is 1.86 bits per heavy atom. The van der Waals surface area contributed by atoms with E-state index in [0.717, 1.165) is 51.4 Å². The Morgan fingerprint density at radius 2 is 1.33 bits per heavy atom. The van der Waals surface area contributed by atoms with E-state index in [1.54, 1.807) is 0 Å². The Kier molecular flexibility index (Phi) is 23.9. The third-order valence-corrected chi connectivity index (χ3v) is 6.57. The SMILES string of the molecule is CC/C=C\C/C=C\C/C=C\C/C=C\C/C=C\CCCCCC(=O)OC(COC(C)=O)COP(=O)([O-])OCC[N+](C)(C)C. The number of hydrogen-bond donors (Lipinski definition) is 0. The van der Waals surface area contributed by atoms with Gasteiger partial charge in [0, 0.05) is 13.3 Å². The van der Waals surface area contributed by atoms with E-state index >= 15 is 0 Å². The maximum Gasteiger partial charge on any atom is 0.306 e. The van der Waals surface area contributed by atoms with Crippen molar-refractivity contribution in [3.05, 3.63) is 60.8 Å². The zero-order valence-corrected chi connectivity index (χ0v) is 27.3. The van der Waals surface area contributed by atoms with Crippen molar-refractivity contribution >= 4 is 19.8 Å². The van der Waals surface area contributed by atoms with Gasteiger partial charge >= 0.3 is 11.9 Å². The molecule has 0 aromatic heterocycles. The van der Waals surface area contributed by atoms with Crippen LogP contribution in [0.25, 0.3) is 0 Å². The lowest BCUT2D eigenvalue weighted by atomic mass is 10.1. The summed E-state index contributed by atoms with van der Waals surface area (Å²) in [6.45, 7) is 2.97. The van der Waals surface area contributed by atoms with Gasteiger partial charge in [0.25, 0.3) is 7.82 Å². The van der Waals surface area contributed by atoms with Crippen molar-refractivity contribution in [1.82, 2.24) is 0 Å². The Labute approximate surface area is 254 Å². The molecule has 2 atom stereocenters. The van der Waals surface area contributed by atoms with Crippen LogP contribution in [0.3, 0.4) is 0 Å². The number of quaternary nitrogens is 1. The number of carbonyl (C=O) groups is 2. The van der Waals surface area contributed by atoms with Crippen molar-refractivity contribution < 1.29 is 42.1 Å². The summed E-state index contributed by atoms with van der Waals surface area (Å²) >= 11 is 0. The molecule has 0 aliphatic heterocycles. The molecule has 2 unspecified atom stereocenters.